The monoisotopic (exact) mass is 527 g/mol. The highest BCUT2D eigenvalue weighted by Gasteiger charge is 2.60. The molecule has 1 aliphatic heterocycles. The molecule has 5 atom stereocenters. The first-order valence-electron chi connectivity index (χ1n) is 12.9. The zero-order valence-corrected chi connectivity index (χ0v) is 21.8. The number of aliphatic hydroxyl groups is 3. The highest BCUT2D eigenvalue weighted by Crippen LogP contribution is 2.55. The first-order chi connectivity index (χ1) is 17.8. The number of phenolic OH excluding ortho intramolecular Hbond substituents is 1. The van der Waals surface area contributed by atoms with E-state index in [9.17, 15) is 30.0 Å². The Morgan fingerprint density at radius 2 is 2.00 bits per heavy atom. The van der Waals surface area contributed by atoms with E-state index in [0.29, 0.717) is 12.1 Å². The number of allylic oxidation sites excluding steroid dienone is 1. The molecule has 1 aromatic rings. The minimum Gasteiger partial charge on any atom is -0.510 e. The molecule has 1 aromatic carbocycles. The lowest BCUT2D eigenvalue weighted by Crippen LogP contribution is -2.60. The number of phenols is 1. The van der Waals surface area contributed by atoms with Gasteiger partial charge < -0.3 is 26.2 Å². The number of amides is 1. The number of nitrogens with two attached hydrogens (primary N) is 1. The van der Waals surface area contributed by atoms with Gasteiger partial charge in [-0.1, -0.05) is 6.58 Å². The molecule has 0 radical (unpaired) electrons. The fraction of sp³-hybridized carbons (Fsp3) is 0.500. The molecule has 10 heteroatoms. The largest absolute Gasteiger partial charge is 0.510 e. The van der Waals surface area contributed by atoms with Crippen LogP contribution in [0, 0.1) is 17.7 Å². The Morgan fingerprint density at radius 1 is 1.32 bits per heavy atom. The number of aliphatic hydroxyl groups excluding tert-OH is 2. The van der Waals surface area contributed by atoms with Crippen LogP contribution in [0.4, 0.5) is 4.39 Å². The van der Waals surface area contributed by atoms with Gasteiger partial charge in [-0.05, 0) is 65.2 Å². The lowest BCUT2D eigenvalue weighted by atomic mass is 9.57. The number of rotatable bonds is 4. The van der Waals surface area contributed by atoms with Crippen LogP contribution < -0.4 is 5.73 Å². The maximum absolute atomic E-state index is 15.9. The summed E-state index contributed by atoms with van der Waals surface area (Å²) in [5.74, 6) is -5.47. The molecule has 3 aliphatic carbocycles. The molecule has 0 bridgehead atoms. The maximum atomic E-state index is 15.9. The molecular formula is C28H34FN3O6. The minimum absolute atomic E-state index is 0.00953. The van der Waals surface area contributed by atoms with Gasteiger partial charge in [-0.25, -0.2) is 4.39 Å². The zero-order chi connectivity index (χ0) is 27.8. The minimum atomic E-state index is -2.27. The summed E-state index contributed by atoms with van der Waals surface area (Å²) in [6.07, 6.45) is 2.10. The summed E-state index contributed by atoms with van der Waals surface area (Å²) in [4.78, 5) is 29.6. The molecule has 0 aromatic heterocycles. The molecule has 38 heavy (non-hydrogen) atoms. The van der Waals surface area contributed by atoms with Gasteiger partial charge in [0, 0.05) is 40.8 Å². The molecule has 0 unspecified atom stereocenters. The van der Waals surface area contributed by atoms with Crippen LogP contribution >= 0.6 is 0 Å². The van der Waals surface area contributed by atoms with E-state index in [1.54, 1.807) is 19.0 Å². The summed E-state index contributed by atoms with van der Waals surface area (Å²) < 4.78 is 15.9. The third kappa shape index (κ3) is 3.54. The normalized spacial score (nSPS) is 31.5. The lowest BCUT2D eigenvalue weighted by Gasteiger charge is -2.52. The van der Waals surface area contributed by atoms with E-state index in [4.69, 9.17) is 5.73 Å². The van der Waals surface area contributed by atoms with Gasteiger partial charge in [-0.2, -0.15) is 0 Å². The number of fused-ring (bicyclic) bond motifs is 3. The van der Waals surface area contributed by atoms with Crippen molar-refractivity contribution in [1.29, 1.82) is 0 Å². The Morgan fingerprint density at radius 3 is 2.58 bits per heavy atom. The Labute approximate surface area is 220 Å². The van der Waals surface area contributed by atoms with E-state index in [0.717, 1.165) is 19.4 Å². The highest BCUT2D eigenvalue weighted by atomic mass is 19.1. The molecule has 1 fully saturated rings. The number of hydrogen-bond donors (Lipinski definition) is 5. The summed E-state index contributed by atoms with van der Waals surface area (Å²) in [6.45, 7) is 6.96. The molecule has 1 saturated heterocycles. The third-order valence-electron chi connectivity index (χ3n) is 8.98. The van der Waals surface area contributed by atoms with Gasteiger partial charge in [-0.15, -0.1) is 0 Å². The fourth-order valence-electron chi connectivity index (χ4n) is 7.08. The summed E-state index contributed by atoms with van der Waals surface area (Å²) >= 11 is 0. The van der Waals surface area contributed by atoms with Crippen LogP contribution in [0.1, 0.15) is 47.7 Å². The van der Waals surface area contributed by atoms with Crippen molar-refractivity contribution in [3.05, 3.63) is 63.4 Å². The van der Waals surface area contributed by atoms with Crippen molar-refractivity contribution in [3.8, 4) is 5.75 Å². The van der Waals surface area contributed by atoms with Crippen LogP contribution in [0.3, 0.4) is 0 Å². The Bertz CT molecular complexity index is 1330. The van der Waals surface area contributed by atoms with Crippen molar-refractivity contribution in [2.75, 3.05) is 20.6 Å². The molecule has 0 spiro atoms. The van der Waals surface area contributed by atoms with Crippen LogP contribution in [-0.2, 0) is 17.8 Å². The maximum Gasteiger partial charge on any atom is 0.252 e. The number of carbonyl (C=O) groups excluding carboxylic acids is 2. The number of nitrogens with zero attached hydrogens (tertiary/aromatic N) is 2. The molecule has 9 nitrogen and oxygen atoms in total. The van der Waals surface area contributed by atoms with Crippen molar-refractivity contribution in [1.82, 2.24) is 9.80 Å². The average molecular weight is 528 g/mol. The lowest BCUT2D eigenvalue weighted by molar-refractivity contribution is -0.115. The van der Waals surface area contributed by atoms with E-state index in [1.165, 1.54) is 6.07 Å². The number of ketones is 1. The van der Waals surface area contributed by atoms with Crippen LogP contribution in [0.5, 0.6) is 5.75 Å². The Kier molecular flexibility index (Phi) is 6.20. The molecule has 5 rings (SSSR count). The van der Waals surface area contributed by atoms with Crippen LogP contribution in [-0.4, -0.2) is 80.2 Å². The summed E-state index contributed by atoms with van der Waals surface area (Å²) in [5.41, 5.74) is 2.48. The molecule has 0 saturated carbocycles. The van der Waals surface area contributed by atoms with Gasteiger partial charge in [0.25, 0.3) is 5.91 Å². The van der Waals surface area contributed by atoms with E-state index < -0.39 is 52.3 Å². The van der Waals surface area contributed by atoms with Gasteiger partial charge in [0.2, 0.25) is 0 Å². The topological polar surface area (TPSA) is 148 Å². The van der Waals surface area contributed by atoms with Gasteiger partial charge >= 0.3 is 0 Å². The van der Waals surface area contributed by atoms with E-state index in [1.807, 2.05) is 0 Å². The second-order valence-corrected chi connectivity index (χ2v) is 11.3. The summed E-state index contributed by atoms with van der Waals surface area (Å²) in [5, 5.41) is 45.1. The second-order valence-electron chi connectivity index (χ2n) is 11.3. The first kappa shape index (κ1) is 26.4. The van der Waals surface area contributed by atoms with Gasteiger partial charge in [-0.3, -0.25) is 19.4 Å². The van der Waals surface area contributed by atoms with Crippen molar-refractivity contribution in [2.45, 2.75) is 56.8 Å². The number of Topliss-reactive ketones (excluding diaryl/α,β-unsaturated/α-hetero) is 1. The SMILES string of the molecule is C=C1C(C(N)=O)=C(O)[C@@H](N(C)C)[C@@H]2C[C@@H]3Cc4c(F)c(CN5CCC[C@@H]5C)cc(O)c4C(=O)C3=C(O)[C@]12O. The molecular weight excluding hydrogens is 493 g/mol. The Balaban J connectivity index is 1.64. The Hall–Kier alpha value is -3.21. The van der Waals surface area contributed by atoms with E-state index in [-0.39, 0.29) is 52.7 Å². The van der Waals surface area contributed by atoms with Gasteiger partial charge in [0.05, 0.1) is 17.2 Å². The van der Waals surface area contributed by atoms with Crippen molar-refractivity contribution >= 4 is 11.7 Å². The smallest absolute Gasteiger partial charge is 0.252 e. The van der Waals surface area contributed by atoms with Crippen LogP contribution in [0.25, 0.3) is 0 Å². The predicted molar refractivity (Wildman–Crippen MR) is 137 cm³/mol. The highest BCUT2D eigenvalue weighted by molar-refractivity contribution is 6.13. The van der Waals surface area contributed by atoms with Gasteiger partial charge in [0.1, 0.15) is 23.1 Å². The predicted octanol–water partition coefficient (Wildman–Crippen LogP) is 2.23. The number of primary amides is 1. The van der Waals surface area contributed by atoms with Crippen molar-refractivity contribution in [2.24, 2.45) is 17.6 Å². The molecule has 1 heterocycles. The van der Waals surface area contributed by atoms with Crippen LogP contribution in [0.2, 0.25) is 0 Å². The number of halogens is 1. The number of likely N-dealkylation sites (tertiary alicyclic amines) is 1. The second kappa shape index (κ2) is 8.93. The molecule has 6 N–H and O–H groups in total. The van der Waals surface area contributed by atoms with Gasteiger partial charge in [0.15, 0.2) is 11.4 Å². The third-order valence-corrected chi connectivity index (χ3v) is 8.98. The number of hydrogen-bond acceptors (Lipinski definition) is 8. The average Bonchev–Trinajstić information content (AvgIpc) is 3.23. The van der Waals surface area contributed by atoms with Crippen molar-refractivity contribution in [3.63, 3.8) is 0 Å². The zero-order valence-electron chi connectivity index (χ0n) is 21.8. The number of aromatic hydroxyl groups is 1. The quantitative estimate of drug-likeness (QED) is 0.401. The molecule has 1 amide bonds. The molecule has 204 valence electrons. The first-order valence-corrected chi connectivity index (χ1v) is 12.9. The summed E-state index contributed by atoms with van der Waals surface area (Å²) in [7, 11) is 3.27. The summed E-state index contributed by atoms with van der Waals surface area (Å²) in [6, 6.07) is 0.614. The number of likely N-dealkylation sites (N-methyl/N-ethyl adjacent to an activating group) is 1. The number of benzene rings is 1. The van der Waals surface area contributed by atoms with Crippen molar-refractivity contribution < 1.29 is 34.4 Å². The van der Waals surface area contributed by atoms with E-state index >= 15 is 4.39 Å². The van der Waals surface area contributed by atoms with Crippen LogP contribution in [0.15, 0.2) is 40.9 Å². The fourth-order valence-corrected chi connectivity index (χ4v) is 7.08. The van der Waals surface area contributed by atoms with E-state index in [2.05, 4.69) is 18.4 Å². The standard InChI is InChI=1S/C28H34FN3O6/c1-12-6-5-7-32(12)11-15-10-18(33)21-16(22(15)29)8-14-9-17-23(31(3)4)25(35)19(27(30)37)13(2)28(17,38)26(36)20(14)24(21)34/h10,12,14,17,23,33,35-36,38H,2,5-9,11H2,1,3-4H3,(H2,30,37)/t12-,14-,17-,23-,28-/m0/s1. The number of carbonyl (C=O) groups is 2. The molecule has 4 aliphatic rings.